The second-order valence-corrected chi connectivity index (χ2v) is 4.37. The lowest BCUT2D eigenvalue weighted by molar-refractivity contribution is 0.0811. The Kier molecular flexibility index (Phi) is 4.62. The molecular weight excluding hydrogens is 317 g/mol. The van der Waals surface area contributed by atoms with Crippen LogP contribution in [0.2, 0.25) is 0 Å². The first-order valence-corrected chi connectivity index (χ1v) is 5.70. The Balaban J connectivity index is 2.97. The summed E-state index contributed by atoms with van der Waals surface area (Å²) in [6.07, 6.45) is 5.16. The molecule has 84 valence electrons. The number of benzene rings is 1. The van der Waals surface area contributed by atoms with Crippen LogP contribution in [0.4, 0.5) is 0 Å². The van der Waals surface area contributed by atoms with Crippen LogP contribution in [-0.4, -0.2) is 31.5 Å². The number of halogens is 1. The largest absolute Gasteiger partial charge is 0.497 e. The molecule has 16 heavy (non-hydrogen) atoms. The van der Waals surface area contributed by atoms with Gasteiger partial charge in [0.1, 0.15) is 5.75 Å². The maximum Gasteiger partial charge on any atom is 0.255 e. The summed E-state index contributed by atoms with van der Waals surface area (Å²) in [4.78, 5) is 13.4. The SMILES string of the molecule is C#CCN(C)C(=O)c1ccc(OC)cc1I. The molecule has 0 N–H and O–H groups in total. The van der Waals surface area contributed by atoms with Crippen LogP contribution in [0.15, 0.2) is 18.2 Å². The first-order chi connectivity index (χ1) is 7.60. The van der Waals surface area contributed by atoms with Crippen molar-refractivity contribution in [2.45, 2.75) is 0 Å². The second-order valence-electron chi connectivity index (χ2n) is 3.21. The van der Waals surface area contributed by atoms with E-state index in [1.54, 1.807) is 26.3 Å². The molecule has 3 nitrogen and oxygen atoms in total. The van der Waals surface area contributed by atoms with Crippen molar-refractivity contribution in [3.8, 4) is 18.1 Å². The number of rotatable bonds is 3. The number of hydrogen-bond acceptors (Lipinski definition) is 2. The molecule has 1 aromatic rings. The monoisotopic (exact) mass is 329 g/mol. The van der Waals surface area contributed by atoms with Gasteiger partial charge in [-0.1, -0.05) is 5.92 Å². The molecule has 0 spiro atoms. The molecule has 1 rings (SSSR count). The number of carbonyl (C=O) groups is 1. The predicted molar refractivity (Wildman–Crippen MR) is 71.5 cm³/mol. The van der Waals surface area contributed by atoms with Gasteiger partial charge < -0.3 is 9.64 Å². The van der Waals surface area contributed by atoms with Gasteiger partial charge in [0.15, 0.2) is 0 Å². The van der Waals surface area contributed by atoms with Crippen molar-refractivity contribution in [1.82, 2.24) is 4.90 Å². The third-order valence-corrected chi connectivity index (χ3v) is 2.97. The topological polar surface area (TPSA) is 29.5 Å². The van der Waals surface area contributed by atoms with Gasteiger partial charge >= 0.3 is 0 Å². The molecule has 0 fully saturated rings. The van der Waals surface area contributed by atoms with Crippen LogP contribution < -0.4 is 4.74 Å². The van der Waals surface area contributed by atoms with E-state index in [0.29, 0.717) is 12.1 Å². The number of ether oxygens (including phenoxy) is 1. The van der Waals surface area contributed by atoms with Gasteiger partial charge in [-0.2, -0.15) is 0 Å². The number of nitrogens with zero attached hydrogens (tertiary/aromatic N) is 1. The molecule has 0 unspecified atom stereocenters. The van der Waals surface area contributed by atoms with Gasteiger partial charge in [0, 0.05) is 10.6 Å². The van der Waals surface area contributed by atoms with Crippen molar-refractivity contribution in [3.05, 3.63) is 27.3 Å². The molecule has 0 atom stereocenters. The van der Waals surface area contributed by atoms with E-state index in [4.69, 9.17) is 11.2 Å². The minimum absolute atomic E-state index is 0.0787. The number of amides is 1. The molecule has 0 bridgehead atoms. The number of carbonyl (C=O) groups excluding carboxylic acids is 1. The third kappa shape index (κ3) is 2.89. The lowest BCUT2D eigenvalue weighted by Gasteiger charge is -2.15. The van der Waals surface area contributed by atoms with Crippen molar-refractivity contribution in [2.75, 3.05) is 20.7 Å². The summed E-state index contributed by atoms with van der Waals surface area (Å²) in [5.74, 6) is 3.10. The zero-order valence-electron chi connectivity index (χ0n) is 9.16. The molecule has 0 radical (unpaired) electrons. The van der Waals surface area contributed by atoms with Crippen molar-refractivity contribution in [2.24, 2.45) is 0 Å². The van der Waals surface area contributed by atoms with Gasteiger partial charge in [-0.25, -0.2) is 0 Å². The summed E-state index contributed by atoms with van der Waals surface area (Å²) in [5.41, 5.74) is 0.638. The van der Waals surface area contributed by atoms with Gasteiger partial charge in [-0.15, -0.1) is 6.42 Å². The number of terminal acetylenes is 1. The highest BCUT2D eigenvalue weighted by Gasteiger charge is 2.14. The summed E-state index contributed by atoms with van der Waals surface area (Å²) in [5, 5.41) is 0. The fraction of sp³-hybridized carbons (Fsp3) is 0.250. The normalized spacial score (nSPS) is 9.38. The smallest absolute Gasteiger partial charge is 0.255 e. The maximum atomic E-state index is 11.9. The van der Waals surface area contributed by atoms with Gasteiger partial charge in [0.2, 0.25) is 0 Å². The van der Waals surface area contributed by atoms with Crippen molar-refractivity contribution in [1.29, 1.82) is 0 Å². The zero-order valence-corrected chi connectivity index (χ0v) is 11.3. The van der Waals surface area contributed by atoms with Gasteiger partial charge in [-0.05, 0) is 40.8 Å². The first kappa shape index (κ1) is 12.8. The van der Waals surface area contributed by atoms with E-state index in [9.17, 15) is 4.79 Å². The average Bonchev–Trinajstić information content (AvgIpc) is 2.28. The van der Waals surface area contributed by atoms with Gasteiger partial charge in [0.05, 0.1) is 19.2 Å². The molecule has 0 heterocycles. The molecule has 0 aromatic heterocycles. The average molecular weight is 329 g/mol. The van der Waals surface area contributed by atoms with Crippen LogP contribution >= 0.6 is 22.6 Å². The van der Waals surface area contributed by atoms with E-state index in [1.165, 1.54) is 4.90 Å². The molecule has 0 aliphatic heterocycles. The van der Waals surface area contributed by atoms with E-state index in [2.05, 4.69) is 28.5 Å². The maximum absolute atomic E-state index is 11.9. The highest BCUT2D eigenvalue weighted by Crippen LogP contribution is 2.20. The molecule has 0 saturated carbocycles. The molecular formula is C12H12INO2. The Hall–Kier alpha value is -1.22. The fourth-order valence-electron chi connectivity index (χ4n) is 1.21. The van der Waals surface area contributed by atoms with E-state index >= 15 is 0 Å². The molecule has 4 heteroatoms. The van der Waals surface area contributed by atoms with Crippen LogP contribution in [0, 0.1) is 15.9 Å². The second kappa shape index (κ2) is 5.75. The first-order valence-electron chi connectivity index (χ1n) is 4.62. The summed E-state index contributed by atoms with van der Waals surface area (Å²) >= 11 is 2.11. The van der Waals surface area contributed by atoms with Crippen LogP contribution in [0.1, 0.15) is 10.4 Å². The zero-order chi connectivity index (χ0) is 12.1. The van der Waals surface area contributed by atoms with Crippen LogP contribution in [-0.2, 0) is 0 Å². The number of methoxy groups -OCH3 is 1. The highest BCUT2D eigenvalue weighted by atomic mass is 127. The Morgan fingerprint density at radius 3 is 2.81 bits per heavy atom. The Bertz CT molecular complexity index is 437. The van der Waals surface area contributed by atoms with Gasteiger partial charge in [0.25, 0.3) is 5.91 Å². The third-order valence-electron chi connectivity index (χ3n) is 2.08. The molecule has 0 aliphatic carbocycles. The minimum atomic E-state index is -0.0787. The van der Waals surface area contributed by atoms with E-state index in [-0.39, 0.29) is 5.91 Å². The summed E-state index contributed by atoms with van der Waals surface area (Å²) in [6.45, 7) is 0.306. The van der Waals surface area contributed by atoms with Crippen molar-refractivity contribution < 1.29 is 9.53 Å². The lowest BCUT2D eigenvalue weighted by atomic mass is 10.2. The standard InChI is InChI=1S/C12H12INO2/c1-4-7-14(2)12(15)10-6-5-9(16-3)8-11(10)13/h1,5-6,8H,7H2,2-3H3. The highest BCUT2D eigenvalue weighted by molar-refractivity contribution is 14.1. The van der Waals surface area contributed by atoms with Crippen LogP contribution in [0.5, 0.6) is 5.75 Å². The molecule has 0 saturated heterocycles. The predicted octanol–water partition coefficient (Wildman–Crippen LogP) is 2.00. The summed E-state index contributed by atoms with van der Waals surface area (Å²) in [6, 6.07) is 5.33. The van der Waals surface area contributed by atoms with E-state index in [0.717, 1.165) is 9.32 Å². The molecule has 1 aromatic carbocycles. The summed E-state index contributed by atoms with van der Waals surface area (Å²) < 4.78 is 5.93. The molecule has 0 aliphatic rings. The van der Waals surface area contributed by atoms with E-state index in [1.807, 2.05) is 6.07 Å². The summed E-state index contributed by atoms with van der Waals surface area (Å²) in [7, 11) is 3.28. The van der Waals surface area contributed by atoms with Crippen molar-refractivity contribution in [3.63, 3.8) is 0 Å². The van der Waals surface area contributed by atoms with Gasteiger partial charge in [-0.3, -0.25) is 4.79 Å². The molecule has 1 amide bonds. The lowest BCUT2D eigenvalue weighted by Crippen LogP contribution is -2.27. The van der Waals surface area contributed by atoms with E-state index < -0.39 is 0 Å². The Labute approximate surface area is 109 Å². The quantitative estimate of drug-likeness (QED) is 0.627. The van der Waals surface area contributed by atoms with Crippen LogP contribution in [0.3, 0.4) is 0 Å². The van der Waals surface area contributed by atoms with Crippen LogP contribution in [0.25, 0.3) is 0 Å². The van der Waals surface area contributed by atoms with Crippen molar-refractivity contribution >= 4 is 28.5 Å². The Morgan fingerprint density at radius 2 is 2.31 bits per heavy atom. The number of hydrogen-bond donors (Lipinski definition) is 0. The fourth-order valence-corrected chi connectivity index (χ4v) is 1.93. The Morgan fingerprint density at radius 1 is 1.62 bits per heavy atom. The minimum Gasteiger partial charge on any atom is -0.497 e.